The molecule has 2 nitrogen and oxygen atoms in total. The van der Waals surface area contributed by atoms with E-state index in [0.29, 0.717) is 0 Å². The average molecular weight is 274 g/mol. The van der Waals surface area contributed by atoms with Gasteiger partial charge in [0.25, 0.3) is 0 Å². The third-order valence-corrected chi connectivity index (χ3v) is 3.69. The van der Waals surface area contributed by atoms with Crippen LogP contribution in [0, 0.1) is 0 Å². The van der Waals surface area contributed by atoms with Gasteiger partial charge in [-0.1, -0.05) is 60.7 Å². The summed E-state index contributed by atoms with van der Waals surface area (Å²) in [6.45, 7) is 0. The first kappa shape index (κ1) is 13.4. The number of hydrogen-bond acceptors (Lipinski definition) is 2. The molecule has 2 aromatic carbocycles. The molecule has 0 radical (unpaired) electrons. The van der Waals surface area contributed by atoms with Gasteiger partial charge in [-0.05, 0) is 23.3 Å². The van der Waals surface area contributed by atoms with Crippen molar-refractivity contribution in [1.82, 2.24) is 4.98 Å². The summed E-state index contributed by atoms with van der Waals surface area (Å²) in [7, 11) is 2.12. The van der Waals surface area contributed by atoms with E-state index in [9.17, 15) is 0 Å². The van der Waals surface area contributed by atoms with Crippen LogP contribution in [0.1, 0.15) is 17.2 Å². The first-order valence-electron chi connectivity index (χ1n) is 7.09. The molecule has 0 aliphatic rings. The molecular formula is C19H18N2. The molecule has 3 aromatic rings. The average Bonchev–Trinajstić information content (AvgIpc) is 2.58. The zero-order valence-corrected chi connectivity index (χ0v) is 12.1. The molecule has 0 fully saturated rings. The van der Waals surface area contributed by atoms with Crippen LogP contribution in [0.15, 0.2) is 85.2 Å². The van der Waals surface area contributed by atoms with Crippen molar-refractivity contribution in [1.29, 1.82) is 0 Å². The number of nitrogens with zero attached hydrogens (tertiary/aromatic N) is 2. The Balaban J connectivity index is 2.05. The maximum Gasteiger partial charge on any atom is 0.0792 e. The van der Waals surface area contributed by atoms with Crippen molar-refractivity contribution in [3.05, 3.63) is 96.3 Å². The molecule has 104 valence electrons. The second-order valence-corrected chi connectivity index (χ2v) is 5.04. The fourth-order valence-electron chi connectivity index (χ4n) is 2.64. The fourth-order valence-corrected chi connectivity index (χ4v) is 2.64. The van der Waals surface area contributed by atoms with Gasteiger partial charge in [0, 0.05) is 25.1 Å². The van der Waals surface area contributed by atoms with Crippen LogP contribution < -0.4 is 4.90 Å². The van der Waals surface area contributed by atoms with Crippen molar-refractivity contribution >= 4 is 5.69 Å². The van der Waals surface area contributed by atoms with E-state index in [1.54, 1.807) is 0 Å². The smallest absolute Gasteiger partial charge is 0.0792 e. The van der Waals surface area contributed by atoms with E-state index in [1.165, 1.54) is 11.1 Å². The summed E-state index contributed by atoms with van der Waals surface area (Å²) in [5.41, 5.74) is 3.72. The summed E-state index contributed by atoms with van der Waals surface area (Å²) in [6, 6.07) is 25.4. The zero-order valence-electron chi connectivity index (χ0n) is 12.1. The molecule has 0 bridgehead atoms. The molecule has 0 amide bonds. The summed E-state index contributed by atoms with van der Waals surface area (Å²) in [5, 5.41) is 0. The largest absolute Gasteiger partial charge is 0.363 e. The Morgan fingerprint density at radius 2 is 1.19 bits per heavy atom. The molecule has 0 atom stereocenters. The minimum atomic E-state index is 0.190. The van der Waals surface area contributed by atoms with Crippen molar-refractivity contribution in [2.75, 3.05) is 11.9 Å². The molecule has 3 rings (SSSR count). The summed E-state index contributed by atoms with van der Waals surface area (Å²) < 4.78 is 0. The zero-order chi connectivity index (χ0) is 14.5. The highest BCUT2D eigenvalue weighted by Crippen LogP contribution is 2.31. The van der Waals surface area contributed by atoms with E-state index in [4.69, 9.17) is 0 Å². The minimum Gasteiger partial charge on any atom is -0.363 e. The van der Waals surface area contributed by atoms with Crippen molar-refractivity contribution in [2.45, 2.75) is 6.04 Å². The predicted molar refractivity (Wildman–Crippen MR) is 87.4 cm³/mol. The van der Waals surface area contributed by atoms with Gasteiger partial charge in [0.15, 0.2) is 0 Å². The van der Waals surface area contributed by atoms with Crippen LogP contribution in [0.4, 0.5) is 5.69 Å². The Bertz CT molecular complexity index is 626. The first-order chi connectivity index (χ1) is 10.4. The molecular weight excluding hydrogens is 256 g/mol. The molecule has 0 aliphatic carbocycles. The minimum absolute atomic E-state index is 0.190. The van der Waals surface area contributed by atoms with Gasteiger partial charge in [0.2, 0.25) is 0 Å². The number of rotatable bonds is 4. The van der Waals surface area contributed by atoms with Crippen LogP contribution in [0.25, 0.3) is 0 Å². The molecule has 0 N–H and O–H groups in total. The number of hydrogen-bond donors (Lipinski definition) is 0. The predicted octanol–water partition coefficient (Wildman–Crippen LogP) is 4.31. The van der Waals surface area contributed by atoms with Crippen LogP contribution in [-0.2, 0) is 0 Å². The van der Waals surface area contributed by atoms with Gasteiger partial charge in [0.1, 0.15) is 0 Å². The van der Waals surface area contributed by atoms with E-state index in [-0.39, 0.29) is 6.04 Å². The Labute approximate surface area is 125 Å². The standard InChI is InChI=1S/C19H18N2/c1-21(18-12-14-20-15-13-18)19(16-8-4-2-5-9-16)17-10-6-3-7-11-17/h2-15,19H,1H3. The molecule has 0 aliphatic heterocycles. The lowest BCUT2D eigenvalue weighted by Gasteiger charge is -2.31. The Morgan fingerprint density at radius 1 is 0.714 bits per heavy atom. The highest BCUT2D eigenvalue weighted by atomic mass is 15.1. The molecule has 2 heteroatoms. The van der Waals surface area contributed by atoms with Gasteiger partial charge in [0.05, 0.1) is 6.04 Å². The van der Waals surface area contributed by atoms with Gasteiger partial charge in [-0.3, -0.25) is 4.98 Å². The first-order valence-corrected chi connectivity index (χ1v) is 7.09. The topological polar surface area (TPSA) is 16.1 Å². The highest BCUT2D eigenvalue weighted by molar-refractivity contribution is 5.50. The number of benzene rings is 2. The van der Waals surface area contributed by atoms with Crippen LogP contribution >= 0.6 is 0 Å². The van der Waals surface area contributed by atoms with Crippen LogP contribution in [0.3, 0.4) is 0 Å². The lowest BCUT2D eigenvalue weighted by Crippen LogP contribution is -2.25. The molecule has 0 unspecified atom stereocenters. The number of pyridine rings is 1. The summed E-state index contributed by atoms with van der Waals surface area (Å²) in [4.78, 5) is 6.39. The van der Waals surface area contributed by atoms with E-state index >= 15 is 0 Å². The van der Waals surface area contributed by atoms with Gasteiger partial charge >= 0.3 is 0 Å². The third-order valence-electron chi connectivity index (χ3n) is 3.69. The fraction of sp³-hybridized carbons (Fsp3) is 0.105. The van der Waals surface area contributed by atoms with Crippen molar-refractivity contribution in [2.24, 2.45) is 0 Å². The van der Waals surface area contributed by atoms with Gasteiger partial charge in [-0.2, -0.15) is 0 Å². The molecule has 1 aromatic heterocycles. The summed E-state index contributed by atoms with van der Waals surface area (Å²) in [5.74, 6) is 0. The van der Waals surface area contributed by atoms with E-state index in [2.05, 4.69) is 77.6 Å². The number of anilines is 1. The maximum atomic E-state index is 4.11. The second kappa shape index (κ2) is 6.23. The monoisotopic (exact) mass is 274 g/mol. The highest BCUT2D eigenvalue weighted by Gasteiger charge is 2.19. The second-order valence-electron chi connectivity index (χ2n) is 5.04. The number of aromatic nitrogens is 1. The van der Waals surface area contributed by atoms with Gasteiger partial charge in [-0.25, -0.2) is 0 Å². The van der Waals surface area contributed by atoms with E-state index in [0.717, 1.165) is 5.69 Å². The van der Waals surface area contributed by atoms with Crippen LogP contribution in [0.2, 0.25) is 0 Å². The summed E-state index contributed by atoms with van der Waals surface area (Å²) in [6.07, 6.45) is 3.66. The van der Waals surface area contributed by atoms with Crippen molar-refractivity contribution in [3.8, 4) is 0 Å². The third kappa shape index (κ3) is 2.95. The van der Waals surface area contributed by atoms with E-state index in [1.807, 2.05) is 24.5 Å². The van der Waals surface area contributed by atoms with Crippen LogP contribution in [0.5, 0.6) is 0 Å². The maximum absolute atomic E-state index is 4.11. The Hall–Kier alpha value is -2.61. The molecule has 21 heavy (non-hydrogen) atoms. The van der Waals surface area contributed by atoms with E-state index < -0.39 is 0 Å². The van der Waals surface area contributed by atoms with Crippen molar-refractivity contribution in [3.63, 3.8) is 0 Å². The van der Waals surface area contributed by atoms with Gasteiger partial charge in [-0.15, -0.1) is 0 Å². The molecule has 0 saturated heterocycles. The van der Waals surface area contributed by atoms with Crippen molar-refractivity contribution < 1.29 is 0 Å². The normalized spacial score (nSPS) is 10.6. The lowest BCUT2D eigenvalue weighted by molar-refractivity contribution is 0.782. The lowest BCUT2D eigenvalue weighted by atomic mass is 9.97. The van der Waals surface area contributed by atoms with Crippen LogP contribution in [-0.4, -0.2) is 12.0 Å². The Kier molecular flexibility index (Phi) is 3.97. The molecule has 0 saturated carbocycles. The summed E-state index contributed by atoms with van der Waals surface area (Å²) >= 11 is 0. The van der Waals surface area contributed by atoms with Gasteiger partial charge < -0.3 is 4.90 Å². The quantitative estimate of drug-likeness (QED) is 0.705. The Morgan fingerprint density at radius 3 is 1.67 bits per heavy atom. The molecule has 1 heterocycles. The SMILES string of the molecule is CN(c1ccncc1)C(c1ccccc1)c1ccccc1. The molecule has 0 spiro atoms.